The maximum Gasteiger partial charge on any atom is 0.147 e. The van der Waals surface area contributed by atoms with E-state index in [0.29, 0.717) is 5.69 Å². The van der Waals surface area contributed by atoms with Gasteiger partial charge in [0.05, 0.1) is 5.69 Å². The van der Waals surface area contributed by atoms with Crippen molar-refractivity contribution >= 4 is 21.6 Å². The van der Waals surface area contributed by atoms with Crippen LogP contribution in [0.2, 0.25) is 0 Å². The van der Waals surface area contributed by atoms with E-state index in [9.17, 15) is 4.39 Å². The van der Waals surface area contributed by atoms with Crippen molar-refractivity contribution < 1.29 is 4.39 Å². The molecule has 4 heteroatoms. The number of rotatable bonds is 1. The molecule has 18 heavy (non-hydrogen) atoms. The highest BCUT2D eigenvalue weighted by molar-refractivity contribution is 9.10. The molecule has 1 fully saturated rings. The van der Waals surface area contributed by atoms with Crippen LogP contribution in [0.25, 0.3) is 0 Å². The number of hydrogen-bond donors (Lipinski definition) is 0. The third-order valence-electron chi connectivity index (χ3n) is 3.48. The summed E-state index contributed by atoms with van der Waals surface area (Å²) < 4.78 is 14.7. The summed E-state index contributed by atoms with van der Waals surface area (Å²) in [6.07, 6.45) is 0. The first-order chi connectivity index (χ1) is 8.38. The number of piperazine rings is 1. The molecule has 0 radical (unpaired) electrons. The van der Waals surface area contributed by atoms with E-state index in [-0.39, 0.29) is 11.4 Å². The summed E-state index contributed by atoms with van der Waals surface area (Å²) in [5.74, 6) is -0.145. The Balaban J connectivity index is 2.06. The molecule has 0 bridgehead atoms. The molecule has 1 aliphatic rings. The predicted molar refractivity (Wildman–Crippen MR) is 77.6 cm³/mol. The number of hydrogen-bond acceptors (Lipinski definition) is 2. The maximum atomic E-state index is 13.9. The molecule has 1 saturated heterocycles. The second-order valence-electron chi connectivity index (χ2n) is 5.74. The van der Waals surface area contributed by atoms with E-state index < -0.39 is 0 Å². The van der Waals surface area contributed by atoms with Crippen molar-refractivity contribution in [3.8, 4) is 0 Å². The van der Waals surface area contributed by atoms with E-state index in [2.05, 4.69) is 46.5 Å². The fourth-order valence-electron chi connectivity index (χ4n) is 2.36. The fourth-order valence-corrected chi connectivity index (χ4v) is 2.69. The molecule has 0 N–H and O–H groups in total. The lowest BCUT2D eigenvalue weighted by Gasteiger charge is -2.43. The minimum absolute atomic E-state index is 0.145. The van der Waals surface area contributed by atoms with Gasteiger partial charge in [-0.15, -0.1) is 0 Å². The molecule has 1 heterocycles. The molecule has 100 valence electrons. The Kier molecular flexibility index (Phi) is 3.97. The van der Waals surface area contributed by atoms with Gasteiger partial charge in [0, 0.05) is 36.2 Å². The molecule has 0 atom stereocenters. The van der Waals surface area contributed by atoms with Crippen LogP contribution in [0.3, 0.4) is 0 Å². The van der Waals surface area contributed by atoms with Crippen molar-refractivity contribution in [1.82, 2.24) is 4.90 Å². The van der Waals surface area contributed by atoms with Crippen LogP contribution in [0.1, 0.15) is 20.8 Å². The zero-order chi connectivity index (χ0) is 13.3. The van der Waals surface area contributed by atoms with Crippen molar-refractivity contribution in [2.75, 3.05) is 31.1 Å². The number of halogens is 2. The minimum atomic E-state index is -0.145. The van der Waals surface area contributed by atoms with Crippen LogP contribution in [0.15, 0.2) is 22.7 Å². The average molecular weight is 315 g/mol. The molecule has 1 aromatic carbocycles. The molecule has 0 spiro atoms. The van der Waals surface area contributed by atoms with E-state index in [1.807, 2.05) is 12.1 Å². The Morgan fingerprint density at radius 3 is 2.22 bits per heavy atom. The van der Waals surface area contributed by atoms with Crippen molar-refractivity contribution in [3.63, 3.8) is 0 Å². The molecular formula is C14H20BrFN2. The molecule has 1 aromatic rings. The van der Waals surface area contributed by atoms with Gasteiger partial charge in [-0.3, -0.25) is 4.90 Å². The van der Waals surface area contributed by atoms with Crippen LogP contribution >= 0.6 is 15.9 Å². The summed E-state index contributed by atoms with van der Waals surface area (Å²) in [5, 5.41) is 0. The predicted octanol–water partition coefficient (Wildman–Crippen LogP) is 3.51. The first-order valence-corrected chi connectivity index (χ1v) is 7.12. The van der Waals surface area contributed by atoms with Crippen LogP contribution in [0, 0.1) is 5.82 Å². The summed E-state index contributed by atoms with van der Waals surface area (Å²) in [4.78, 5) is 4.57. The van der Waals surface area contributed by atoms with E-state index in [1.54, 1.807) is 0 Å². The zero-order valence-electron chi connectivity index (χ0n) is 11.2. The normalized spacial score (nSPS) is 18.2. The molecule has 0 aliphatic carbocycles. The standard InChI is InChI=1S/C14H20BrFN2/c1-14(2,3)18-8-6-17(7-9-18)13-5-4-11(15)10-12(13)16/h4-5,10H,6-9H2,1-3H3. The summed E-state index contributed by atoms with van der Waals surface area (Å²) in [6, 6.07) is 5.28. The topological polar surface area (TPSA) is 6.48 Å². The third-order valence-corrected chi connectivity index (χ3v) is 3.97. The van der Waals surface area contributed by atoms with Crippen LogP contribution in [0.4, 0.5) is 10.1 Å². The molecule has 2 rings (SSSR count). The van der Waals surface area contributed by atoms with Crippen molar-refractivity contribution in [2.45, 2.75) is 26.3 Å². The van der Waals surface area contributed by atoms with Gasteiger partial charge < -0.3 is 4.90 Å². The van der Waals surface area contributed by atoms with E-state index >= 15 is 0 Å². The highest BCUT2D eigenvalue weighted by Gasteiger charge is 2.26. The van der Waals surface area contributed by atoms with Crippen LogP contribution in [-0.4, -0.2) is 36.6 Å². The Bertz CT molecular complexity index is 420. The Morgan fingerprint density at radius 2 is 1.72 bits per heavy atom. The molecule has 0 aromatic heterocycles. The van der Waals surface area contributed by atoms with Crippen LogP contribution in [-0.2, 0) is 0 Å². The van der Waals surface area contributed by atoms with Crippen LogP contribution in [0.5, 0.6) is 0 Å². The van der Waals surface area contributed by atoms with Gasteiger partial charge in [0.2, 0.25) is 0 Å². The van der Waals surface area contributed by atoms with E-state index in [1.165, 1.54) is 6.07 Å². The second-order valence-corrected chi connectivity index (χ2v) is 6.66. The summed E-state index contributed by atoms with van der Waals surface area (Å²) in [5.41, 5.74) is 0.913. The summed E-state index contributed by atoms with van der Waals surface area (Å²) >= 11 is 3.29. The minimum Gasteiger partial charge on any atom is -0.367 e. The van der Waals surface area contributed by atoms with E-state index in [0.717, 1.165) is 30.7 Å². The summed E-state index contributed by atoms with van der Waals surface area (Å²) in [6.45, 7) is 10.4. The van der Waals surface area contributed by atoms with Gasteiger partial charge in [-0.05, 0) is 39.0 Å². The summed E-state index contributed by atoms with van der Waals surface area (Å²) in [7, 11) is 0. The highest BCUT2D eigenvalue weighted by Crippen LogP contribution is 2.25. The second kappa shape index (κ2) is 5.17. The maximum absolute atomic E-state index is 13.9. The zero-order valence-corrected chi connectivity index (χ0v) is 12.8. The van der Waals surface area contributed by atoms with Crippen molar-refractivity contribution in [2.24, 2.45) is 0 Å². The Labute approximate surface area is 117 Å². The van der Waals surface area contributed by atoms with Crippen molar-refractivity contribution in [1.29, 1.82) is 0 Å². The number of nitrogens with zero attached hydrogens (tertiary/aromatic N) is 2. The SMILES string of the molecule is CC(C)(C)N1CCN(c2ccc(Br)cc2F)CC1. The molecule has 1 aliphatic heterocycles. The quantitative estimate of drug-likeness (QED) is 0.782. The van der Waals surface area contributed by atoms with Gasteiger partial charge in [-0.2, -0.15) is 0 Å². The largest absolute Gasteiger partial charge is 0.367 e. The first-order valence-electron chi connectivity index (χ1n) is 6.33. The third kappa shape index (κ3) is 3.04. The first kappa shape index (κ1) is 13.8. The lowest BCUT2D eigenvalue weighted by atomic mass is 10.0. The molecule has 0 saturated carbocycles. The van der Waals surface area contributed by atoms with Gasteiger partial charge in [0.15, 0.2) is 0 Å². The monoisotopic (exact) mass is 314 g/mol. The molecule has 0 unspecified atom stereocenters. The average Bonchev–Trinajstić information content (AvgIpc) is 2.28. The van der Waals surface area contributed by atoms with Gasteiger partial charge in [-0.25, -0.2) is 4.39 Å². The van der Waals surface area contributed by atoms with Crippen LogP contribution < -0.4 is 4.90 Å². The van der Waals surface area contributed by atoms with Gasteiger partial charge >= 0.3 is 0 Å². The number of anilines is 1. The highest BCUT2D eigenvalue weighted by atomic mass is 79.9. The Hall–Kier alpha value is -0.610. The van der Waals surface area contributed by atoms with Gasteiger partial charge in [0.25, 0.3) is 0 Å². The van der Waals surface area contributed by atoms with Gasteiger partial charge in [-0.1, -0.05) is 15.9 Å². The van der Waals surface area contributed by atoms with E-state index in [4.69, 9.17) is 0 Å². The molecule has 0 amide bonds. The Morgan fingerprint density at radius 1 is 1.11 bits per heavy atom. The smallest absolute Gasteiger partial charge is 0.147 e. The number of benzene rings is 1. The fraction of sp³-hybridized carbons (Fsp3) is 0.571. The van der Waals surface area contributed by atoms with Gasteiger partial charge in [0.1, 0.15) is 5.82 Å². The van der Waals surface area contributed by atoms with Crippen molar-refractivity contribution in [3.05, 3.63) is 28.5 Å². The lowest BCUT2D eigenvalue weighted by molar-refractivity contribution is 0.128. The molecular weight excluding hydrogens is 295 g/mol. The molecule has 2 nitrogen and oxygen atoms in total. The lowest BCUT2D eigenvalue weighted by Crippen LogP contribution is -2.53.